The van der Waals surface area contributed by atoms with Crippen LogP contribution in [0.4, 0.5) is 0 Å². The molecule has 2 nitrogen and oxygen atoms in total. The molecule has 0 radical (unpaired) electrons. The zero-order chi connectivity index (χ0) is 14.6. The summed E-state index contributed by atoms with van der Waals surface area (Å²) in [6.07, 6.45) is 2.87. The Labute approximate surface area is 133 Å². The van der Waals surface area contributed by atoms with Crippen LogP contribution in [0.15, 0.2) is 40.3 Å². The highest BCUT2D eigenvalue weighted by molar-refractivity contribution is 9.10. The van der Waals surface area contributed by atoms with E-state index < -0.39 is 0 Å². The Kier molecular flexibility index (Phi) is 5.35. The summed E-state index contributed by atoms with van der Waals surface area (Å²) in [7, 11) is 0. The van der Waals surface area contributed by atoms with Crippen LogP contribution in [0.25, 0.3) is 0 Å². The van der Waals surface area contributed by atoms with Crippen molar-refractivity contribution in [3.63, 3.8) is 0 Å². The molecule has 1 unspecified atom stereocenters. The van der Waals surface area contributed by atoms with Crippen LogP contribution < -0.4 is 5.32 Å². The van der Waals surface area contributed by atoms with Gasteiger partial charge in [-0.15, -0.1) is 11.3 Å². The summed E-state index contributed by atoms with van der Waals surface area (Å²) in [4.78, 5) is 4.43. The van der Waals surface area contributed by atoms with E-state index in [0.717, 1.165) is 17.4 Å². The van der Waals surface area contributed by atoms with Gasteiger partial charge in [0.05, 0.1) is 5.01 Å². The summed E-state index contributed by atoms with van der Waals surface area (Å²) in [6, 6.07) is 8.59. The number of halogens is 1. The van der Waals surface area contributed by atoms with Gasteiger partial charge in [-0.2, -0.15) is 0 Å². The number of nitrogens with zero attached hydrogens (tertiary/aromatic N) is 1. The third kappa shape index (κ3) is 5.00. The third-order valence-electron chi connectivity index (χ3n) is 3.10. The van der Waals surface area contributed by atoms with Gasteiger partial charge in [0.2, 0.25) is 0 Å². The van der Waals surface area contributed by atoms with Crippen LogP contribution in [-0.4, -0.2) is 17.1 Å². The lowest BCUT2D eigenvalue weighted by Crippen LogP contribution is -2.39. The normalized spacial score (nSPS) is 13.4. The van der Waals surface area contributed by atoms with E-state index in [1.807, 2.05) is 11.6 Å². The maximum absolute atomic E-state index is 4.43. The summed E-state index contributed by atoms with van der Waals surface area (Å²) in [5, 5.41) is 6.86. The summed E-state index contributed by atoms with van der Waals surface area (Å²) in [5.41, 5.74) is 1.49. The summed E-state index contributed by atoms with van der Waals surface area (Å²) < 4.78 is 1.13. The van der Waals surface area contributed by atoms with Gasteiger partial charge in [-0.25, -0.2) is 4.98 Å². The van der Waals surface area contributed by atoms with Crippen LogP contribution >= 0.6 is 27.3 Å². The van der Waals surface area contributed by atoms with Crippen LogP contribution in [0.2, 0.25) is 0 Å². The van der Waals surface area contributed by atoms with Gasteiger partial charge in [-0.1, -0.05) is 28.1 Å². The number of hydrogen-bond acceptors (Lipinski definition) is 3. The van der Waals surface area contributed by atoms with E-state index in [2.05, 4.69) is 71.3 Å². The highest BCUT2D eigenvalue weighted by Crippen LogP contribution is 2.24. The summed E-state index contributed by atoms with van der Waals surface area (Å²) in [5.74, 6) is 0.442. The standard InChI is InChI=1S/C16H21BrN2S/c1-16(2,3)19-11-13(10-15-18-7-8-20-15)12-5-4-6-14(17)9-12/h4-9,13,19H,10-11H2,1-3H3. The SMILES string of the molecule is CC(C)(C)NCC(Cc1nccs1)c1cccc(Br)c1. The molecule has 0 aliphatic heterocycles. The van der Waals surface area contributed by atoms with Crippen LogP contribution in [0, 0.1) is 0 Å². The van der Waals surface area contributed by atoms with Crippen molar-refractivity contribution in [2.24, 2.45) is 0 Å². The Bertz CT molecular complexity index is 532. The molecule has 2 rings (SSSR count). The van der Waals surface area contributed by atoms with E-state index >= 15 is 0 Å². The number of nitrogens with one attached hydrogen (secondary N) is 1. The second kappa shape index (κ2) is 6.83. The number of rotatable bonds is 5. The Hall–Kier alpha value is -0.710. The van der Waals surface area contributed by atoms with E-state index in [9.17, 15) is 0 Å². The van der Waals surface area contributed by atoms with Crippen LogP contribution in [-0.2, 0) is 6.42 Å². The maximum Gasteiger partial charge on any atom is 0.0931 e. The highest BCUT2D eigenvalue weighted by atomic mass is 79.9. The molecule has 108 valence electrons. The van der Waals surface area contributed by atoms with Crippen molar-refractivity contribution in [2.45, 2.75) is 38.6 Å². The first-order valence-corrected chi connectivity index (χ1v) is 8.50. The number of hydrogen-bond donors (Lipinski definition) is 1. The molecule has 0 aliphatic rings. The lowest BCUT2D eigenvalue weighted by Gasteiger charge is -2.25. The second-order valence-corrected chi connectivity index (χ2v) is 7.91. The van der Waals surface area contributed by atoms with Gasteiger partial charge < -0.3 is 5.32 Å². The van der Waals surface area contributed by atoms with E-state index in [1.54, 1.807) is 11.3 Å². The molecule has 0 aliphatic carbocycles. The largest absolute Gasteiger partial charge is 0.311 e. The Balaban J connectivity index is 2.15. The fourth-order valence-electron chi connectivity index (χ4n) is 2.06. The smallest absolute Gasteiger partial charge is 0.0931 e. The van der Waals surface area contributed by atoms with Gasteiger partial charge >= 0.3 is 0 Å². The Morgan fingerprint density at radius 2 is 2.15 bits per heavy atom. The van der Waals surface area contributed by atoms with Gasteiger partial charge in [-0.3, -0.25) is 0 Å². The molecule has 20 heavy (non-hydrogen) atoms. The van der Waals surface area contributed by atoms with Gasteiger partial charge in [0.15, 0.2) is 0 Å². The lowest BCUT2D eigenvalue weighted by atomic mass is 9.94. The summed E-state index contributed by atoms with van der Waals surface area (Å²) >= 11 is 5.30. The molecule has 4 heteroatoms. The Morgan fingerprint density at radius 1 is 1.35 bits per heavy atom. The van der Waals surface area contributed by atoms with E-state index in [1.165, 1.54) is 10.6 Å². The fourth-order valence-corrected chi connectivity index (χ4v) is 3.18. The van der Waals surface area contributed by atoms with Gasteiger partial charge in [0.1, 0.15) is 0 Å². The maximum atomic E-state index is 4.43. The Morgan fingerprint density at radius 3 is 2.75 bits per heavy atom. The van der Waals surface area contributed by atoms with Crippen molar-refractivity contribution in [3.05, 3.63) is 50.9 Å². The number of thiazole rings is 1. The highest BCUT2D eigenvalue weighted by Gasteiger charge is 2.17. The van der Waals surface area contributed by atoms with E-state index in [0.29, 0.717) is 5.92 Å². The van der Waals surface area contributed by atoms with Crippen LogP contribution in [0.5, 0.6) is 0 Å². The van der Waals surface area contributed by atoms with Crippen molar-refractivity contribution in [3.8, 4) is 0 Å². The monoisotopic (exact) mass is 352 g/mol. The minimum Gasteiger partial charge on any atom is -0.311 e. The third-order valence-corrected chi connectivity index (χ3v) is 4.40. The minimum absolute atomic E-state index is 0.132. The fraction of sp³-hybridized carbons (Fsp3) is 0.438. The first-order valence-electron chi connectivity index (χ1n) is 6.83. The molecular weight excluding hydrogens is 332 g/mol. The predicted molar refractivity (Wildman–Crippen MR) is 90.5 cm³/mol. The van der Waals surface area contributed by atoms with Gasteiger partial charge in [0, 0.05) is 40.5 Å². The minimum atomic E-state index is 0.132. The molecule has 2 aromatic rings. The average Bonchev–Trinajstić information content (AvgIpc) is 2.86. The molecule has 0 spiro atoms. The predicted octanol–water partition coefficient (Wildman–Crippen LogP) is 4.62. The zero-order valence-electron chi connectivity index (χ0n) is 12.2. The number of aromatic nitrogens is 1. The van der Waals surface area contributed by atoms with E-state index in [-0.39, 0.29) is 5.54 Å². The van der Waals surface area contributed by atoms with Crippen molar-refractivity contribution < 1.29 is 0 Å². The molecule has 0 bridgehead atoms. The zero-order valence-corrected chi connectivity index (χ0v) is 14.6. The molecule has 0 saturated heterocycles. The van der Waals surface area contributed by atoms with Crippen molar-refractivity contribution >= 4 is 27.3 Å². The lowest BCUT2D eigenvalue weighted by molar-refractivity contribution is 0.405. The van der Waals surface area contributed by atoms with Crippen LogP contribution in [0.1, 0.15) is 37.3 Å². The average molecular weight is 353 g/mol. The molecule has 1 heterocycles. The molecular formula is C16H21BrN2S. The molecule has 0 fully saturated rings. The van der Waals surface area contributed by atoms with Gasteiger partial charge in [0.25, 0.3) is 0 Å². The topological polar surface area (TPSA) is 24.9 Å². The molecule has 1 atom stereocenters. The molecule has 0 saturated carbocycles. The summed E-state index contributed by atoms with van der Waals surface area (Å²) in [6.45, 7) is 7.57. The first kappa shape index (κ1) is 15.7. The van der Waals surface area contributed by atoms with Gasteiger partial charge in [-0.05, 0) is 38.5 Å². The van der Waals surface area contributed by atoms with E-state index in [4.69, 9.17) is 0 Å². The molecule has 1 N–H and O–H groups in total. The van der Waals surface area contributed by atoms with Crippen molar-refractivity contribution in [1.29, 1.82) is 0 Å². The second-order valence-electron chi connectivity index (χ2n) is 6.01. The van der Waals surface area contributed by atoms with Crippen molar-refractivity contribution in [1.82, 2.24) is 10.3 Å². The number of benzene rings is 1. The molecule has 1 aromatic carbocycles. The quantitative estimate of drug-likeness (QED) is 0.848. The first-order chi connectivity index (χ1) is 9.44. The van der Waals surface area contributed by atoms with Crippen molar-refractivity contribution in [2.75, 3.05) is 6.54 Å². The molecule has 1 aromatic heterocycles. The molecule has 0 amide bonds. The van der Waals surface area contributed by atoms with Crippen LogP contribution in [0.3, 0.4) is 0 Å².